The Kier molecular flexibility index (Phi) is 9.92. The van der Waals surface area contributed by atoms with Crippen LogP contribution in [0.3, 0.4) is 0 Å². The minimum Gasteiger partial charge on any atom is -0.476 e. The van der Waals surface area contributed by atoms with Gasteiger partial charge in [0.15, 0.2) is 6.10 Å². The summed E-state index contributed by atoms with van der Waals surface area (Å²) >= 11 is 17.6. The van der Waals surface area contributed by atoms with Crippen LogP contribution in [0.15, 0.2) is 41.5 Å². The number of halogens is 4. The zero-order valence-corrected chi connectivity index (χ0v) is 24.3. The standard InChI is InChI=1S/C18H15ClFNO3.C12H11Cl2NO/c1-3-10(2)24-16-9-15(14(20)8-13(16)19)21-17(22)11-6-4-5-7-12(11)18(21)23;1-4-12(2,3)15-11(16)8-5-9(13)7-10(14)6-8/h1,8-10H,4-7H2,2H3;1,5-7H,2-3H3,(H,15,16). The molecule has 1 unspecified atom stereocenters. The van der Waals surface area contributed by atoms with Gasteiger partial charge < -0.3 is 10.1 Å². The number of terminal acetylenes is 2. The van der Waals surface area contributed by atoms with Crippen LogP contribution in [0.5, 0.6) is 5.75 Å². The van der Waals surface area contributed by atoms with Gasteiger partial charge in [0.2, 0.25) is 0 Å². The topological polar surface area (TPSA) is 75.7 Å². The Labute approximate surface area is 247 Å². The third kappa shape index (κ3) is 7.17. The van der Waals surface area contributed by atoms with Crippen molar-refractivity contribution < 1.29 is 23.5 Å². The first-order valence-electron chi connectivity index (χ1n) is 12.3. The normalized spacial score (nSPS) is 15.4. The van der Waals surface area contributed by atoms with E-state index in [1.165, 1.54) is 18.2 Å². The van der Waals surface area contributed by atoms with E-state index in [0.29, 0.717) is 39.6 Å². The van der Waals surface area contributed by atoms with Gasteiger partial charge in [0, 0.05) is 32.8 Å². The molecule has 1 heterocycles. The lowest BCUT2D eigenvalue weighted by Crippen LogP contribution is -2.42. The number of hydrogen-bond donors (Lipinski definition) is 1. The van der Waals surface area contributed by atoms with Gasteiger partial charge in [-0.05, 0) is 70.7 Å². The van der Waals surface area contributed by atoms with E-state index in [9.17, 15) is 18.8 Å². The summed E-state index contributed by atoms with van der Waals surface area (Å²) in [6, 6.07) is 6.91. The molecule has 0 saturated carbocycles. The quantitative estimate of drug-likeness (QED) is 0.303. The van der Waals surface area contributed by atoms with Crippen molar-refractivity contribution in [3.8, 4) is 30.4 Å². The molecule has 2 aromatic rings. The van der Waals surface area contributed by atoms with Crippen LogP contribution in [0, 0.1) is 30.5 Å². The molecule has 0 spiro atoms. The molecule has 0 aromatic heterocycles. The summed E-state index contributed by atoms with van der Waals surface area (Å²) in [4.78, 5) is 37.8. The number of anilines is 1. The fraction of sp³-hybridized carbons (Fsp3) is 0.300. The van der Waals surface area contributed by atoms with Gasteiger partial charge in [-0.15, -0.1) is 12.8 Å². The van der Waals surface area contributed by atoms with Gasteiger partial charge in [0.25, 0.3) is 17.7 Å². The van der Waals surface area contributed by atoms with Crippen molar-refractivity contribution in [2.24, 2.45) is 0 Å². The van der Waals surface area contributed by atoms with E-state index in [2.05, 4.69) is 17.2 Å². The maximum absolute atomic E-state index is 14.4. The first-order valence-corrected chi connectivity index (χ1v) is 13.4. The molecule has 0 radical (unpaired) electrons. The number of nitrogens with one attached hydrogen (secondary N) is 1. The van der Waals surface area contributed by atoms with Gasteiger partial charge >= 0.3 is 0 Å². The van der Waals surface area contributed by atoms with E-state index in [1.54, 1.807) is 26.8 Å². The molecule has 3 amide bonds. The van der Waals surface area contributed by atoms with Crippen LogP contribution in [0.4, 0.5) is 10.1 Å². The molecule has 4 rings (SSSR count). The van der Waals surface area contributed by atoms with Gasteiger partial charge in [0.1, 0.15) is 11.6 Å². The highest BCUT2D eigenvalue weighted by Gasteiger charge is 2.41. The predicted octanol–water partition coefficient (Wildman–Crippen LogP) is 6.76. The van der Waals surface area contributed by atoms with Gasteiger partial charge in [-0.25, -0.2) is 9.29 Å². The van der Waals surface area contributed by atoms with E-state index in [-0.39, 0.29) is 22.4 Å². The van der Waals surface area contributed by atoms with Gasteiger partial charge in [-0.1, -0.05) is 46.6 Å². The Morgan fingerprint density at radius 1 is 1.02 bits per heavy atom. The number of hydrogen-bond acceptors (Lipinski definition) is 4. The van der Waals surface area contributed by atoms with Crippen molar-refractivity contribution in [2.75, 3.05) is 4.90 Å². The smallest absolute Gasteiger partial charge is 0.261 e. The highest BCUT2D eigenvalue weighted by molar-refractivity contribution is 6.35. The van der Waals surface area contributed by atoms with Crippen LogP contribution in [-0.4, -0.2) is 29.4 Å². The van der Waals surface area contributed by atoms with Crippen LogP contribution >= 0.6 is 34.8 Å². The monoisotopic (exact) mass is 602 g/mol. The van der Waals surface area contributed by atoms with Crippen molar-refractivity contribution in [1.82, 2.24) is 5.32 Å². The highest BCUT2D eigenvalue weighted by Crippen LogP contribution is 2.39. The lowest BCUT2D eigenvalue weighted by atomic mass is 9.93. The molecule has 2 aromatic carbocycles. The van der Waals surface area contributed by atoms with Crippen molar-refractivity contribution in [1.29, 1.82) is 0 Å². The number of carbonyl (C=O) groups excluding carboxylic acids is 3. The first-order chi connectivity index (χ1) is 18.8. The zero-order chi connectivity index (χ0) is 29.8. The third-order valence-corrected chi connectivity index (χ3v) is 6.81. The Balaban J connectivity index is 0.000000241. The Morgan fingerprint density at radius 2 is 1.57 bits per heavy atom. The molecular formula is C30H26Cl3FN2O4. The lowest BCUT2D eigenvalue weighted by molar-refractivity contribution is -0.120. The lowest BCUT2D eigenvalue weighted by Gasteiger charge is -2.19. The Bertz CT molecular complexity index is 1440. The van der Waals surface area contributed by atoms with Crippen molar-refractivity contribution in [3.05, 3.63) is 67.9 Å². The summed E-state index contributed by atoms with van der Waals surface area (Å²) in [5.41, 5.74) is 0.496. The van der Waals surface area contributed by atoms with E-state index in [1.807, 2.05) is 0 Å². The summed E-state index contributed by atoms with van der Waals surface area (Å²) in [5.74, 6) is 2.98. The summed E-state index contributed by atoms with van der Waals surface area (Å²) in [7, 11) is 0. The molecule has 1 aliphatic carbocycles. The van der Waals surface area contributed by atoms with Crippen LogP contribution < -0.4 is 15.0 Å². The van der Waals surface area contributed by atoms with E-state index in [4.69, 9.17) is 52.4 Å². The minimum absolute atomic E-state index is 0.0233. The van der Waals surface area contributed by atoms with Crippen LogP contribution in [0.1, 0.15) is 56.8 Å². The molecule has 1 atom stereocenters. The second-order valence-corrected chi connectivity index (χ2v) is 10.9. The number of ether oxygens (including phenoxy) is 1. The summed E-state index contributed by atoms with van der Waals surface area (Å²) in [6.45, 7) is 5.10. The molecule has 2 aliphatic rings. The van der Waals surface area contributed by atoms with E-state index < -0.39 is 29.3 Å². The molecule has 1 aliphatic heterocycles. The van der Waals surface area contributed by atoms with Gasteiger partial charge in [-0.3, -0.25) is 14.4 Å². The predicted molar refractivity (Wildman–Crippen MR) is 155 cm³/mol. The average Bonchev–Trinajstić information content (AvgIpc) is 3.15. The van der Waals surface area contributed by atoms with Gasteiger partial charge in [-0.2, -0.15) is 0 Å². The molecule has 0 bridgehead atoms. The number of carbonyl (C=O) groups is 3. The largest absolute Gasteiger partial charge is 0.476 e. The number of rotatable bonds is 5. The van der Waals surface area contributed by atoms with Crippen LogP contribution in [0.25, 0.3) is 0 Å². The molecule has 1 N–H and O–H groups in total. The third-order valence-electron chi connectivity index (χ3n) is 6.08. The second kappa shape index (κ2) is 12.8. The molecule has 208 valence electrons. The second-order valence-electron chi connectivity index (χ2n) is 9.65. The summed E-state index contributed by atoms with van der Waals surface area (Å²) in [5, 5.41) is 3.53. The zero-order valence-electron chi connectivity index (χ0n) is 22.0. The maximum atomic E-state index is 14.4. The minimum atomic E-state index is -0.762. The highest BCUT2D eigenvalue weighted by atomic mass is 35.5. The average molecular weight is 604 g/mol. The SMILES string of the molecule is C#CC(C)(C)NC(=O)c1cc(Cl)cc(Cl)c1.C#CC(C)Oc1cc(N2C(=O)C3=C(CCCC3)C2=O)c(F)cc1Cl. The number of benzene rings is 2. The van der Waals surface area contributed by atoms with Gasteiger partial charge in [0.05, 0.1) is 16.2 Å². The molecule has 0 fully saturated rings. The maximum Gasteiger partial charge on any atom is 0.261 e. The number of imide groups is 1. The molecule has 10 heteroatoms. The summed E-state index contributed by atoms with van der Waals surface area (Å²) < 4.78 is 19.8. The first kappa shape index (κ1) is 31.0. The van der Waals surface area contributed by atoms with Crippen molar-refractivity contribution in [3.63, 3.8) is 0 Å². The Hall–Kier alpha value is -3.49. The number of nitrogens with zero attached hydrogens (tertiary/aromatic N) is 1. The van der Waals surface area contributed by atoms with Crippen molar-refractivity contribution in [2.45, 2.75) is 58.1 Å². The van der Waals surface area contributed by atoms with Crippen molar-refractivity contribution >= 4 is 58.2 Å². The van der Waals surface area contributed by atoms with E-state index >= 15 is 0 Å². The molecule has 6 nitrogen and oxygen atoms in total. The van der Waals surface area contributed by atoms with Crippen LogP contribution in [-0.2, 0) is 9.59 Å². The number of amides is 3. The van der Waals surface area contributed by atoms with E-state index in [0.717, 1.165) is 23.8 Å². The van der Waals surface area contributed by atoms with Crippen LogP contribution in [0.2, 0.25) is 15.1 Å². The fourth-order valence-corrected chi connectivity index (χ4v) is 4.76. The fourth-order valence-electron chi connectivity index (χ4n) is 4.04. The molecule has 40 heavy (non-hydrogen) atoms. The summed E-state index contributed by atoms with van der Waals surface area (Å²) in [6.07, 6.45) is 12.7. The molecular weight excluding hydrogens is 578 g/mol. The Morgan fingerprint density at radius 3 is 2.08 bits per heavy atom. The molecule has 0 saturated heterocycles.